The first-order chi connectivity index (χ1) is 12.1. The molecule has 9 nitrogen and oxygen atoms in total. The molecule has 0 N–H and O–H groups in total. The van der Waals surface area contributed by atoms with Crippen molar-refractivity contribution in [3.8, 4) is 0 Å². The van der Waals surface area contributed by atoms with Gasteiger partial charge < -0.3 is 4.74 Å². The Bertz CT molecular complexity index is 1010. The van der Waals surface area contributed by atoms with Gasteiger partial charge in [0.1, 0.15) is 5.60 Å². The fourth-order valence-corrected chi connectivity index (χ4v) is 2.73. The van der Waals surface area contributed by atoms with Crippen LogP contribution in [0.5, 0.6) is 0 Å². The minimum atomic E-state index is -0.804. The van der Waals surface area contributed by atoms with Gasteiger partial charge in [-0.25, -0.2) is 9.36 Å². The van der Waals surface area contributed by atoms with Crippen molar-refractivity contribution < 1.29 is 19.4 Å². The van der Waals surface area contributed by atoms with E-state index < -0.39 is 21.5 Å². The summed E-state index contributed by atoms with van der Waals surface area (Å²) in [4.78, 5) is 33.8. The van der Waals surface area contributed by atoms with Gasteiger partial charge in [-0.05, 0) is 32.9 Å². The fraction of sp³-hybridized carbons (Fsp3) is 0.235. The van der Waals surface area contributed by atoms with Gasteiger partial charge in [-0.15, -0.1) is 0 Å². The molecule has 0 aliphatic rings. The normalized spacial score (nSPS) is 11.7. The molecule has 0 bridgehead atoms. The van der Waals surface area contributed by atoms with Crippen molar-refractivity contribution in [1.29, 1.82) is 0 Å². The van der Waals surface area contributed by atoms with Crippen molar-refractivity contribution in [2.24, 2.45) is 0 Å². The molecule has 0 unspecified atom stereocenters. The van der Waals surface area contributed by atoms with E-state index in [0.717, 1.165) is 4.57 Å². The van der Waals surface area contributed by atoms with E-state index in [1.54, 1.807) is 20.8 Å². The number of non-ortho nitro benzene ring substituents is 2. The summed E-state index contributed by atoms with van der Waals surface area (Å²) in [5.41, 5.74) is -0.686. The number of carbonyl (C=O) groups excluding carboxylic acids is 1. The highest BCUT2D eigenvalue weighted by atomic mass is 16.6. The summed E-state index contributed by atoms with van der Waals surface area (Å²) in [7, 11) is 0. The number of nitro benzene ring substituents is 2. The molecule has 0 spiro atoms. The summed E-state index contributed by atoms with van der Waals surface area (Å²) in [5, 5.41) is 23.3. The number of hydrogen-bond acceptors (Lipinski definition) is 6. The Morgan fingerprint density at radius 1 is 0.923 bits per heavy atom. The Kier molecular flexibility index (Phi) is 3.87. The molecule has 0 atom stereocenters. The Hall–Kier alpha value is -3.49. The first-order valence-electron chi connectivity index (χ1n) is 7.69. The second-order valence-corrected chi connectivity index (χ2v) is 6.73. The minimum Gasteiger partial charge on any atom is -0.443 e. The standard InChI is InChI=1S/C17H15N3O6/c1-17(2,3)26-16(21)18-14-8-10(19(22)23)4-6-12(14)13-7-5-11(20(24)25)9-15(13)18/h4-9H,1-3H3. The van der Waals surface area contributed by atoms with Gasteiger partial charge in [0.2, 0.25) is 0 Å². The van der Waals surface area contributed by atoms with Gasteiger partial charge in [0.05, 0.1) is 20.9 Å². The van der Waals surface area contributed by atoms with Crippen LogP contribution in [0.4, 0.5) is 16.2 Å². The zero-order chi connectivity index (χ0) is 19.2. The maximum atomic E-state index is 12.7. The van der Waals surface area contributed by atoms with E-state index in [2.05, 4.69) is 0 Å². The van der Waals surface area contributed by atoms with Gasteiger partial charge >= 0.3 is 6.09 Å². The summed E-state index contributed by atoms with van der Waals surface area (Å²) in [6.07, 6.45) is -0.765. The number of nitrogens with zero attached hydrogens (tertiary/aromatic N) is 3. The van der Waals surface area contributed by atoms with Crippen molar-refractivity contribution >= 4 is 39.3 Å². The highest BCUT2D eigenvalue weighted by Crippen LogP contribution is 2.34. The van der Waals surface area contributed by atoms with E-state index >= 15 is 0 Å². The number of fused-ring (bicyclic) bond motifs is 3. The number of nitro groups is 2. The van der Waals surface area contributed by atoms with Gasteiger partial charge in [-0.2, -0.15) is 0 Å². The average molecular weight is 357 g/mol. The lowest BCUT2D eigenvalue weighted by Crippen LogP contribution is -2.27. The number of rotatable bonds is 2. The van der Waals surface area contributed by atoms with Crippen LogP contribution in [0.2, 0.25) is 0 Å². The predicted octanol–water partition coefficient (Wildman–Crippen LogP) is 4.39. The smallest absolute Gasteiger partial charge is 0.419 e. The lowest BCUT2D eigenvalue weighted by Gasteiger charge is -2.20. The molecular formula is C17H15N3O6. The topological polar surface area (TPSA) is 118 Å². The molecule has 26 heavy (non-hydrogen) atoms. The first kappa shape index (κ1) is 17.3. The van der Waals surface area contributed by atoms with Crippen LogP contribution in [0.15, 0.2) is 36.4 Å². The van der Waals surface area contributed by atoms with Crippen LogP contribution in [0.3, 0.4) is 0 Å². The van der Waals surface area contributed by atoms with E-state index in [0.29, 0.717) is 10.8 Å². The molecule has 0 aliphatic heterocycles. The third-order valence-electron chi connectivity index (χ3n) is 3.73. The highest BCUT2D eigenvalue weighted by Gasteiger charge is 2.24. The van der Waals surface area contributed by atoms with Crippen molar-refractivity contribution in [3.63, 3.8) is 0 Å². The van der Waals surface area contributed by atoms with Crippen LogP contribution >= 0.6 is 0 Å². The third-order valence-corrected chi connectivity index (χ3v) is 3.73. The highest BCUT2D eigenvalue weighted by molar-refractivity contribution is 6.13. The minimum absolute atomic E-state index is 0.195. The quantitative estimate of drug-likeness (QED) is 0.495. The second-order valence-electron chi connectivity index (χ2n) is 6.73. The van der Waals surface area contributed by atoms with Crippen LogP contribution in [0.1, 0.15) is 20.8 Å². The first-order valence-corrected chi connectivity index (χ1v) is 7.69. The summed E-state index contributed by atoms with van der Waals surface area (Å²) in [6, 6.07) is 8.19. The molecule has 0 fully saturated rings. The zero-order valence-corrected chi connectivity index (χ0v) is 14.3. The molecule has 0 radical (unpaired) electrons. The summed E-state index contributed by atoms with van der Waals surface area (Å²) >= 11 is 0. The molecule has 9 heteroatoms. The molecule has 0 saturated heterocycles. The van der Waals surface area contributed by atoms with Gasteiger partial charge in [0.15, 0.2) is 0 Å². The molecule has 0 saturated carbocycles. The van der Waals surface area contributed by atoms with Gasteiger partial charge in [0, 0.05) is 35.0 Å². The van der Waals surface area contributed by atoms with E-state index in [1.165, 1.54) is 36.4 Å². The van der Waals surface area contributed by atoms with Crippen LogP contribution in [0.25, 0.3) is 21.8 Å². The van der Waals surface area contributed by atoms with E-state index in [-0.39, 0.29) is 22.4 Å². The molecule has 1 aromatic heterocycles. The SMILES string of the molecule is CC(C)(C)OC(=O)n1c2cc([N+](=O)[O-])ccc2c2ccc([N+](=O)[O-])cc21. The molecule has 1 heterocycles. The maximum absolute atomic E-state index is 12.7. The fourth-order valence-electron chi connectivity index (χ4n) is 2.73. The van der Waals surface area contributed by atoms with Gasteiger partial charge in [-0.1, -0.05) is 0 Å². The van der Waals surface area contributed by atoms with Crippen molar-refractivity contribution in [2.75, 3.05) is 0 Å². The number of hydrogen-bond donors (Lipinski definition) is 0. The number of carbonyl (C=O) groups is 1. The summed E-state index contributed by atoms with van der Waals surface area (Å²) < 4.78 is 6.52. The van der Waals surface area contributed by atoms with Crippen LogP contribution in [0, 0.1) is 20.2 Å². The van der Waals surface area contributed by atoms with Crippen molar-refractivity contribution in [3.05, 3.63) is 56.6 Å². The summed E-state index contributed by atoms with van der Waals surface area (Å²) in [6.45, 7) is 5.05. The number of aromatic nitrogens is 1. The van der Waals surface area contributed by atoms with E-state index in [9.17, 15) is 25.0 Å². The third kappa shape index (κ3) is 2.94. The Labute approximate surface area is 147 Å². The zero-order valence-electron chi connectivity index (χ0n) is 14.3. The van der Waals surface area contributed by atoms with Crippen molar-refractivity contribution in [1.82, 2.24) is 4.57 Å². The molecular weight excluding hydrogens is 342 g/mol. The molecule has 134 valence electrons. The van der Waals surface area contributed by atoms with E-state index in [4.69, 9.17) is 4.74 Å². The van der Waals surface area contributed by atoms with Crippen molar-refractivity contribution in [2.45, 2.75) is 26.4 Å². The van der Waals surface area contributed by atoms with E-state index in [1.807, 2.05) is 0 Å². The van der Waals surface area contributed by atoms with Gasteiger partial charge in [-0.3, -0.25) is 20.2 Å². The molecule has 3 aromatic rings. The molecule has 3 rings (SSSR count). The predicted molar refractivity (Wildman–Crippen MR) is 94.4 cm³/mol. The van der Waals surface area contributed by atoms with Crippen LogP contribution in [-0.2, 0) is 4.74 Å². The molecule has 0 aliphatic carbocycles. The van der Waals surface area contributed by atoms with Crippen LogP contribution < -0.4 is 0 Å². The lowest BCUT2D eigenvalue weighted by atomic mass is 10.1. The molecule has 0 amide bonds. The maximum Gasteiger partial charge on any atom is 0.419 e. The largest absolute Gasteiger partial charge is 0.443 e. The Morgan fingerprint density at radius 3 is 1.69 bits per heavy atom. The monoisotopic (exact) mass is 357 g/mol. The summed E-state index contributed by atoms with van der Waals surface area (Å²) in [5.74, 6) is 0. The number of ether oxygens (including phenoxy) is 1. The van der Waals surface area contributed by atoms with Crippen LogP contribution in [-0.4, -0.2) is 26.1 Å². The Morgan fingerprint density at radius 2 is 1.35 bits per heavy atom. The average Bonchev–Trinajstić information content (AvgIpc) is 2.85. The number of benzene rings is 2. The Balaban J connectivity index is 2.38. The lowest BCUT2D eigenvalue weighted by molar-refractivity contribution is -0.384. The van der Waals surface area contributed by atoms with Gasteiger partial charge in [0.25, 0.3) is 11.4 Å². The molecule has 2 aromatic carbocycles. The second kappa shape index (κ2) is 5.80.